The number of benzene rings is 1. The number of carbonyl (C=O) groups excluding carboxylic acids is 1. The average Bonchev–Trinajstić information content (AvgIpc) is 2.81. The van der Waals surface area contributed by atoms with Crippen molar-refractivity contribution in [3.8, 4) is 0 Å². The summed E-state index contributed by atoms with van der Waals surface area (Å²) in [5.41, 5.74) is 0.0305. The average molecular weight is 342 g/mol. The highest BCUT2D eigenvalue weighted by atomic mass is 35.5. The Hall–Kier alpha value is -1.38. The van der Waals surface area contributed by atoms with E-state index in [-0.39, 0.29) is 32.1 Å². The molecule has 20 heavy (non-hydrogen) atoms. The van der Waals surface area contributed by atoms with Crippen LogP contribution in [0.25, 0.3) is 0 Å². The molecule has 10 heteroatoms. The number of carbonyl (C=O) groups is 1. The highest BCUT2D eigenvalue weighted by molar-refractivity contribution is 7.15. The van der Waals surface area contributed by atoms with E-state index in [0.717, 1.165) is 0 Å². The Labute approximate surface area is 124 Å². The zero-order valence-corrected chi connectivity index (χ0v) is 11.7. The molecule has 1 N–H and O–H groups in total. The van der Waals surface area contributed by atoms with Gasteiger partial charge in [-0.25, -0.2) is 0 Å². The van der Waals surface area contributed by atoms with Gasteiger partial charge in [-0.15, -0.1) is 10.2 Å². The topological polar surface area (TPSA) is 54.9 Å². The molecule has 0 aliphatic rings. The Bertz CT molecular complexity index is 659. The molecular weight excluding hydrogens is 338 g/mol. The van der Waals surface area contributed by atoms with Crippen molar-refractivity contribution in [2.45, 2.75) is 6.18 Å². The smallest absolute Gasteiger partial charge is 0.296 e. The van der Waals surface area contributed by atoms with Crippen molar-refractivity contribution >= 4 is 45.6 Å². The van der Waals surface area contributed by atoms with Crippen LogP contribution in [0.4, 0.5) is 18.3 Å². The fraction of sp³-hybridized carbons (Fsp3) is 0.100. The van der Waals surface area contributed by atoms with Gasteiger partial charge in [0.25, 0.3) is 5.91 Å². The largest absolute Gasteiger partial charge is 0.445 e. The number of hydrogen-bond acceptors (Lipinski definition) is 4. The molecule has 1 aromatic heterocycles. The molecule has 0 spiro atoms. The maximum atomic E-state index is 12.3. The van der Waals surface area contributed by atoms with E-state index in [1.807, 2.05) is 0 Å². The maximum absolute atomic E-state index is 12.3. The van der Waals surface area contributed by atoms with E-state index in [4.69, 9.17) is 23.2 Å². The van der Waals surface area contributed by atoms with Crippen molar-refractivity contribution in [3.63, 3.8) is 0 Å². The molecule has 0 bridgehead atoms. The molecular formula is C10H4Cl2F3N3OS. The number of alkyl halides is 3. The van der Waals surface area contributed by atoms with Crippen LogP contribution in [0.5, 0.6) is 0 Å². The van der Waals surface area contributed by atoms with Crippen molar-refractivity contribution in [1.29, 1.82) is 0 Å². The van der Waals surface area contributed by atoms with Gasteiger partial charge in [0.05, 0.1) is 15.6 Å². The van der Waals surface area contributed by atoms with Crippen LogP contribution in [0.3, 0.4) is 0 Å². The number of rotatable bonds is 2. The molecule has 0 fully saturated rings. The summed E-state index contributed by atoms with van der Waals surface area (Å²) in [7, 11) is 0. The third kappa shape index (κ3) is 3.20. The summed E-state index contributed by atoms with van der Waals surface area (Å²) in [5, 5.41) is 7.11. The van der Waals surface area contributed by atoms with E-state index in [1.165, 1.54) is 18.2 Å². The van der Waals surface area contributed by atoms with Crippen LogP contribution >= 0.6 is 34.5 Å². The van der Waals surface area contributed by atoms with Gasteiger partial charge in [-0.3, -0.25) is 10.1 Å². The Balaban J connectivity index is 2.20. The predicted molar refractivity (Wildman–Crippen MR) is 69.3 cm³/mol. The molecule has 4 nitrogen and oxygen atoms in total. The molecule has 0 unspecified atom stereocenters. The van der Waals surface area contributed by atoms with Gasteiger partial charge in [-0.2, -0.15) is 13.2 Å². The lowest BCUT2D eigenvalue weighted by molar-refractivity contribution is -0.138. The molecule has 0 aliphatic carbocycles. The molecule has 1 aromatic carbocycles. The van der Waals surface area contributed by atoms with Crippen LogP contribution in [0, 0.1) is 0 Å². The summed E-state index contributed by atoms with van der Waals surface area (Å²) in [5.74, 6) is -0.720. The lowest BCUT2D eigenvalue weighted by Crippen LogP contribution is -2.12. The minimum Gasteiger partial charge on any atom is -0.296 e. The quantitative estimate of drug-likeness (QED) is 0.893. The molecule has 106 valence electrons. The molecule has 2 rings (SSSR count). The normalized spacial score (nSPS) is 11.4. The highest BCUT2D eigenvalue weighted by Gasteiger charge is 2.35. The van der Waals surface area contributed by atoms with Crippen LogP contribution in [-0.2, 0) is 6.18 Å². The van der Waals surface area contributed by atoms with Crippen LogP contribution < -0.4 is 5.32 Å². The van der Waals surface area contributed by atoms with Crippen molar-refractivity contribution in [2.24, 2.45) is 0 Å². The molecule has 2 aromatic rings. The highest BCUT2D eigenvalue weighted by Crippen LogP contribution is 2.33. The van der Waals surface area contributed by atoms with Gasteiger partial charge >= 0.3 is 6.18 Å². The Morgan fingerprint density at radius 2 is 1.95 bits per heavy atom. The summed E-state index contributed by atoms with van der Waals surface area (Å²) in [6.07, 6.45) is -4.60. The second kappa shape index (κ2) is 5.55. The van der Waals surface area contributed by atoms with E-state index in [1.54, 1.807) is 0 Å². The van der Waals surface area contributed by atoms with E-state index < -0.39 is 17.1 Å². The van der Waals surface area contributed by atoms with Crippen LogP contribution in [0.1, 0.15) is 15.4 Å². The first-order valence-electron chi connectivity index (χ1n) is 4.95. The van der Waals surface area contributed by atoms with Gasteiger partial charge in [0.15, 0.2) is 0 Å². The van der Waals surface area contributed by atoms with Crippen LogP contribution in [0.2, 0.25) is 10.0 Å². The SMILES string of the molecule is O=C(Nc1nnc(C(F)(F)F)s1)c1cccc(Cl)c1Cl. The molecule has 0 aliphatic heterocycles. The van der Waals surface area contributed by atoms with Crippen LogP contribution in [-0.4, -0.2) is 16.1 Å². The van der Waals surface area contributed by atoms with Crippen molar-refractivity contribution in [3.05, 3.63) is 38.8 Å². The second-order valence-electron chi connectivity index (χ2n) is 3.47. The lowest BCUT2D eigenvalue weighted by Gasteiger charge is -2.04. The van der Waals surface area contributed by atoms with E-state index in [9.17, 15) is 18.0 Å². The lowest BCUT2D eigenvalue weighted by atomic mass is 10.2. The van der Waals surface area contributed by atoms with E-state index >= 15 is 0 Å². The summed E-state index contributed by atoms with van der Waals surface area (Å²) >= 11 is 11.8. The summed E-state index contributed by atoms with van der Waals surface area (Å²) in [4.78, 5) is 11.8. The van der Waals surface area contributed by atoms with Gasteiger partial charge in [-0.1, -0.05) is 40.6 Å². The number of halogens is 5. The minimum absolute atomic E-state index is 0.00669. The van der Waals surface area contributed by atoms with Crippen molar-refractivity contribution < 1.29 is 18.0 Å². The number of amides is 1. The van der Waals surface area contributed by atoms with E-state index in [2.05, 4.69) is 15.5 Å². The fourth-order valence-electron chi connectivity index (χ4n) is 1.23. The number of anilines is 1. The molecule has 0 atom stereocenters. The summed E-state index contributed by atoms with van der Waals surface area (Å²) < 4.78 is 37.0. The zero-order chi connectivity index (χ0) is 14.9. The van der Waals surface area contributed by atoms with Crippen molar-refractivity contribution in [1.82, 2.24) is 10.2 Å². The molecule has 1 amide bonds. The van der Waals surface area contributed by atoms with Crippen molar-refractivity contribution in [2.75, 3.05) is 5.32 Å². The number of hydrogen-bond donors (Lipinski definition) is 1. The van der Waals surface area contributed by atoms with E-state index in [0.29, 0.717) is 0 Å². The fourth-order valence-corrected chi connectivity index (χ4v) is 2.22. The summed E-state index contributed by atoms with van der Waals surface area (Å²) in [6, 6.07) is 4.35. The number of aromatic nitrogens is 2. The monoisotopic (exact) mass is 341 g/mol. The minimum atomic E-state index is -4.60. The predicted octanol–water partition coefficient (Wildman–Crippen LogP) is 4.12. The third-order valence-corrected chi connectivity index (χ3v) is 3.79. The summed E-state index contributed by atoms with van der Waals surface area (Å²) in [6.45, 7) is 0. The van der Waals surface area contributed by atoms with Gasteiger partial charge in [0.1, 0.15) is 0 Å². The number of nitrogens with one attached hydrogen (secondary N) is 1. The molecule has 0 saturated carbocycles. The second-order valence-corrected chi connectivity index (χ2v) is 5.23. The third-order valence-electron chi connectivity index (χ3n) is 2.08. The Kier molecular flexibility index (Phi) is 4.17. The number of nitrogens with zero attached hydrogens (tertiary/aromatic N) is 2. The molecule has 0 radical (unpaired) electrons. The Morgan fingerprint density at radius 1 is 1.25 bits per heavy atom. The zero-order valence-electron chi connectivity index (χ0n) is 9.33. The first-order chi connectivity index (χ1) is 9.29. The van der Waals surface area contributed by atoms with Gasteiger partial charge in [0.2, 0.25) is 10.1 Å². The maximum Gasteiger partial charge on any atom is 0.445 e. The first kappa shape index (κ1) is 15.0. The van der Waals surface area contributed by atoms with Gasteiger partial charge in [-0.05, 0) is 12.1 Å². The standard InChI is InChI=1S/C10H4Cl2F3N3OS/c11-5-3-1-2-4(6(5)12)7(19)16-9-18-17-8(20-9)10(13,14)15/h1-3H,(H,16,18,19). The van der Waals surface area contributed by atoms with Crippen LogP contribution in [0.15, 0.2) is 18.2 Å². The Morgan fingerprint density at radius 3 is 2.55 bits per heavy atom. The first-order valence-corrected chi connectivity index (χ1v) is 6.52. The molecule has 1 heterocycles. The molecule has 0 saturated heterocycles. The van der Waals surface area contributed by atoms with Gasteiger partial charge < -0.3 is 0 Å². The van der Waals surface area contributed by atoms with Gasteiger partial charge in [0, 0.05) is 0 Å².